The molecule has 0 aromatic carbocycles. The topological polar surface area (TPSA) is 38.0 Å². The molecule has 2 aromatic rings. The van der Waals surface area contributed by atoms with Crippen LogP contribution in [0, 0.1) is 0 Å². The number of aliphatic hydroxyl groups excluding tert-OH is 1. The molecule has 1 aliphatic carbocycles. The van der Waals surface area contributed by atoms with E-state index in [0.29, 0.717) is 5.92 Å². The first-order chi connectivity index (χ1) is 8.58. The minimum absolute atomic E-state index is 0.187. The Kier molecular flexibility index (Phi) is 2.67. The van der Waals surface area contributed by atoms with E-state index in [1.807, 2.05) is 0 Å². The van der Waals surface area contributed by atoms with Gasteiger partial charge in [0.15, 0.2) is 0 Å². The number of rotatable bonds is 1. The average Bonchev–Trinajstić information content (AvgIpc) is 2.62. The second-order valence-corrected chi connectivity index (χ2v) is 5.64. The molecule has 3 rings (SSSR count). The summed E-state index contributed by atoms with van der Waals surface area (Å²) in [4.78, 5) is 4.79. The summed E-state index contributed by atoms with van der Waals surface area (Å²) in [6.45, 7) is 4.33. The molecular weight excluding hydrogens is 224 g/mol. The van der Waals surface area contributed by atoms with Crippen molar-refractivity contribution in [1.29, 1.82) is 0 Å². The van der Waals surface area contributed by atoms with Crippen molar-refractivity contribution in [3.05, 3.63) is 29.1 Å². The monoisotopic (exact) mass is 244 g/mol. The van der Waals surface area contributed by atoms with Crippen LogP contribution in [0.3, 0.4) is 0 Å². The van der Waals surface area contributed by atoms with E-state index in [4.69, 9.17) is 4.98 Å². The van der Waals surface area contributed by atoms with Gasteiger partial charge in [-0.15, -0.1) is 0 Å². The maximum absolute atomic E-state index is 9.84. The van der Waals surface area contributed by atoms with Crippen LogP contribution in [0.15, 0.2) is 12.1 Å². The van der Waals surface area contributed by atoms with Gasteiger partial charge < -0.3 is 9.67 Å². The van der Waals surface area contributed by atoms with Crippen molar-refractivity contribution in [2.45, 2.75) is 45.1 Å². The highest BCUT2D eigenvalue weighted by Crippen LogP contribution is 2.31. The van der Waals surface area contributed by atoms with Gasteiger partial charge in [-0.25, -0.2) is 4.98 Å². The highest BCUT2D eigenvalue weighted by atomic mass is 16.3. The van der Waals surface area contributed by atoms with Gasteiger partial charge in [-0.05, 0) is 36.5 Å². The van der Waals surface area contributed by atoms with Gasteiger partial charge in [0.05, 0.1) is 6.10 Å². The SMILES string of the molecule is CC(C)c1ccc2c3c(n(C)c2n1)CCC(O)C3. The van der Waals surface area contributed by atoms with Gasteiger partial charge in [0.1, 0.15) is 5.65 Å². The Morgan fingerprint density at radius 1 is 1.39 bits per heavy atom. The Hall–Kier alpha value is -1.35. The molecule has 1 aliphatic rings. The number of hydrogen-bond donors (Lipinski definition) is 1. The molecule has 1 atom stereocenters. The van der Waals surface area contributed by atoms with E-state index in [1.54, 1.807) is 0 Å². The van der Waals surface area contributed by atoms with Crippen molar-refractivity contribution in [1.82, 2.24) is 9.55 Å². The van der Waals surface area contributed by atoms with E-state index < -0.39 is 0 Å². The third kappa shape index (κ3) is 1.65. The Morgan fingerprint density at radius 3 is 2.89 bits per heavy atom. The van der Waals surface area contributed by atoms with Gasteiger partial charge >= 0.3 is 0 Å². The fourth-order valence-corrected chi connectivity index (χ4v) is 2.95. The van der Waals surface area contributed by atoms with Gasteiger partial charge in [0.25, 0.3) is 0 Å². The minimum Gasteiger partial charge on any atom is -0.393 e. The first-order valence-corrected chi connectivity index (χ1v) is 6.73. The molecule has 0 saturated heterocycles. The van der Waals surface area contributed by atoms with Gasteiger partial charge in [0, 0.05) is 30.2 Å². The van der Waals surface area contributed by atoms with Crippen LogP contribution >= 0.6 is 0 Å². The van der Waals surface area contributed by atoms with Crippen LogP contribution < -0.4 is 0 Å². The first kappa shape index (κ1) is 11.7. The lowest BCUT2D eigenvalue weighted by atomic mass is 9.93. The normalized spacial score (nSPS) is 19.5. The highest BCUT2D eigenvalue weighted by Gasteiger charge is 2.23. The molecule has 0 bridgehead atoms. The summed E-state index contributed by atoms with van der Waals surface area (Å²) in [6, 6.07) is 4.29. The number of fused-ring (bicyclic) bond motifs is 3. The summed E-state index contributed by atoms with van der Waals surface area (Å²) in [6.07, 6.45) is 2.41. The summed E-state index contributed by atoms with van der Waals surface area (Å²) in [5, 5.41) is 11.1. The highest BCUT2D eigenvalue weighted by molar-refractivity contribution is 5.83. The fraction of sp³-hybridized carbons (Fsp3) is 0.533. The molecule has 0 radical (unpaired) electrons. The minimum atomic E-state index is -0.187. The zero-order valence-electron chi connectivity index (χ0n) is 11.3. The molecule has 0 fully saturated rings. The first-order valence-electron chi connectivity index (χ1n) is 6.73. The Bertz CT molecular complexity index is 598. The molecule has 0 saturated carbocycles. The van der Waals surface area contributed by atoms with Crippen LogP contribution in [0.4, 0.5) is 0 Å². The number of nitrogens with zero attached hydrogens (tertiary/aromatic N) is 2. The molecule has 2 aromatic heterocycles. The molecule has 3 heteroatoms. The maximum atomic E-state index is 9.84. The smallest absolute Gasteiger partial charge is 0.140 e. The Labute approximate surface area is 107 Å². The second kappa shape index (κ2) is 4.09. The van der Waals surface area contributed by atoms with Gasteiger partial charge in [0.2, 0.25) is 0 Å². The predicted octanol–water partition coefficient (Wildman–Crippen LogP) is 2.55. The van der Waals surface area contributed by atoms with Crippen molar-refractivity contribution in [3.8, 4) is 0 Å². The molecular formula is C15H20N2O. The standard InChI is InChI=1S/C15H20N2O/c1-9(2)13-6-5-11-12-8-10(18)4-7-14(12)17(3)15(11)16-13/h5-6,9-10,18H,4,7-8H2,1-3H3. The Morgan fingerprint density at radius 2 is 2.17 bits per heavy atom. The summed E-state index contributed by atoms with van der Waals surface area (Å²) >= 11 is 0. The third-order valence-corrected chi connectivity index (χ3v) is 4.04. The van der Waals surface area contributed by atoms with Crippen LogP contribution in [0.25, 0.3) is 11.0 Å². The molecule has 0 spiro atoms. The molecule has 0 amide bonds. The van der Waals surface area contributed by atoms with Crippen LogP contribution in [0.5, 0.6) is 0 Å². The van der Waals surface area contributed by atoms with E-state index in [-0.39, 0.29) is 6.10 Å². The van der Waals surface area contributed by atoms with Crippen molar-refractivity contribution in [3.63, 3.8) is 0 Å². The lowest BCUT2D eigenvalue weighted by Gasteiger charge is -2.18. The molecule has 2 heterocycles. The second-order valence-electron chi connectivity index (χ2n) is 5.64. The number of pyridine rings is 1. The van der Waals surface area contributed by atoms with E-state index >= 15 is 0 Å². The quantitative estimate of drug-likeness (QED) is 0.837. The zero-order chi connectivity index (χ0) is 12.9. The van der Waals surface area contributed by atoms with E-state index in [9.17, 15) is 5.11 Å². The van der Waals surface area contributed by atoms with E-state index in [0.717, 1.165) is 30.6 Å². The zero-order valence-corrected chi connectivity index (χ0v) is 11.3. The molecule has 1 N–H and O–H groups in total. The Balaban J connectivity index is 2.23. The summed E-state index contributed by atoms with van der Waals surface area (Å²) in [7, 11) is 2.09. The largest absolute Gasteiger partial charge is 0.393 e. The summed E-state index contributed by atoms with van der Waals surface area (Å²) in [5.41, 5.74) is 4.86. The molecule has 0 aliphatic heterocycles. The number of hydrogen-bond acceptors (Lipinski definition) is 2. The van der Waals surface area contributed by atoms with Crippen molar-refractivity contribution < 1.29 is 5.11 Å². The van der Waals surface area contributed by atoms with Crippen molar-refractivity contribution >= 4 is 11.0 Å². The van der Waals surface area contributed by atoms with Crippen molar-refractivity contribution in [2.24, 2.45) is 7.05 Å². The fourth-order valence-electron chi connectivity index (χ4n) is 2.95. The predicted molar refractivity (Wildman–Crippen MR) is 72.8 cm³/mol. The lowest BCUT2D eigenvalue weighted by Crippen LogP contribution is -2.19. The summed E-state index contributed by atoms with van der Waals surface area (Å²) < 4.78 is 2.21. The van der Waals surface area contributed by atoms with Crippen LogP contribution in [0.1, 0.15) is 43.1 Å². The van der Waals surface area contributed by atoms with Gasteiger partial charge in [-0.3, -0.25) is 0 Å². The van der Waals surface area contributed by atoms with E-state index in [2.05, 4.69) is 37.6 Å². The summed E-state index contributed by atoms with van der Waals surface area (Å²) in [5.74, 6) is 0.451. The maximum Gasteiger partial charge on any atom is 0.140 e. The van der Waals surface area contributed by atoms with Crippen LogP contribution in [-0.2, 0) is 19.9 Å². The van der Waals surface area contributed by atoms with Gasteiger partial charge in [-0.2, -0.15) is 0 Å². The average molecular weight is 244 g/mol. The van der Waals surface area contributed by atoms with E-state index in [1.165, 1.54) is 16.6 Å². The molecule has 1 unspecified atom stereocenters. The molecule has 3 nitrogen and oxygen atoms in total. The van der Waals surface area contributed by atoms with Crippen LogP contribution in [-0.4, -0.2) is 20.8 Å². The van der Waals surface area contributed by atoms with Gasteiger partial charge in [-0.1, -0.05) is 13.8 Å². The number of aromatic nitrogens is 2. The molecule has 18 heavy (non-hydrogen) atoms. The lowest BCUT2D eigenvalue weighted by molar-refractivity contribution is 0.158. The number of aryl methyl sites for hydroxylation is 1. The van der Waals surface area contributed by atoms with Crippen LogP contribution in [0.2, 0.25) is 0 Å². The third-order valence-electron chi connectivity index (χ3n) is 4.04. The number of aliphatic hydroxyl groups is 1. The van der Waals surface area contributed by atoms with Crippen molar-refractivity contribution in [2.75, 3.05) is 0 Å². The molecule has 96 valence electrons.